The fraction of sp³-hybridized carbons (Fsp3) is 0.350. The molecule has 0 spiro atoms. The molecule has 2 heterocycles. The van der Waals surface area contributed by atoms with E-state index < -0.39 is 9.84 Å². The van der Waals surface area contributed by atoms with Crippen LogP contribution in [0.25, 0.3) is 0 Å². The van der Waals surface area contributed by atoms with E-state index in [4.69, 9.17) is 4.74 Å². The Morgan fingerprint density at radius 3 is 2.33 bits per heavy atom. The van der Waals surface area contributed by atoms with E-state index in [2.05, 4.69) is 0 Å². The third kappa shape index (κ3) is 3.39. The molecule has 7 heteroatoms. The van der Waals surface area contributed by atoms with Gasteiger partial charge in [0.1, 0.15) is 5.75 Å². The highest BCUT2D eigenvalue weighted by Gasteiger charge is 2.53. The maximum absolute atomic E-state index is 13.2. The number of nitrogens with zero attached hydrogens (tertiary/aromatic N) is 2. The van der Waals surface area contributed by atoms with Crippen molar-refractivity contribution in [2.45, 2.75) is 25.6 Å². The lowest BCUT2D eigenvalue weighted by molar-refractivity contribution is 0.206. The predicted octanol–water partition coefficient (Wildman–Crippen LogP) is 2.69. The Bertz CT molecular complexity index is 928. The van der Waals surface area contributed by atoms with Gasteiger partial charge in [-0.3, -0.25) is 4.90 Å². The van der Waals surface area contributed by atoms with E-state index in [1.54, 1.807) is 9.80 Å². The molecule has 2 aromatic rings. The molecule has 142 valence electrons. The van der Waals surface area contributed by atoms with Crippen LogP contribution in [0.5, 0.6) is 5.75 Å². The summed E-state index contributed by atoms with van der Waals surface area (Å²) < 4.78 is 30.0. The molecule has 2 atom stereocenters. The first-order chi connectivity index (χ1) is 13.0. The number of hydrogen-bond acceptors (Lipinski definition) is 4. The van der Waals surface area contributed by atoms with Gasteiger partial charge in [-0.15, -0.1) is 0 Å². The minimum Gasteiger partial charge on any atom is -0.494 e. The number of urea groups is 1. The van der Waals surface area contributed by atoms with Crippen molar-refractivity contribution < 1.29 is 17.9 Å². The van der Waals surface area contributed by atoms with Crippen LogP contribution in [0.2, 0.25) is 0 Å². The second-order valence-corrected chi connectivity index (χ2v) is 9.06. The van der Waals surface area contributed by atoms with Gasteiger partial charge >= 0.3 is 6.03 Å². The highest BCUT2D eigenvalue weighted by molar-refractivity contribution is 7.91. The quantitative estimate of drug-likeness (QED) is 0.741. The zero-order valence-electron chi connectivity index (χ0n) is 15.1. The van der Waals surface area contributed by atoms with Crippen molar-refractivity contribution in [3.05, 3.63) is 60.2 Å². The molecule has 2 fully saturated rings. The molecule has 2 amide bonds. The standard InChI is InChI=1S/C20H22N2O4S/c1-2-26-17-10-8-16(9-11-17)22-19-14-27(24,25)13-18(19)21(20(22)23)12-15-6-4-3-5-7-15/h3-11,18-19H,2,12-14H2,1H3/t18-,19+/m0/s1. The molecule has 0 unspecified atom stereocenters. The Hall–Kier alpha value is -2.54. The molecule has 2 aliphatic heterocycles. The third-order valence-corrected chi connectivity index (χ3v) is 6.80. The van der Waals surface area contributed by atoms with Crippen LogP contribution in [0.4, 0.5) is 10.5 Å². The van der Waals surface area contributed by atoms with Gasteiger partial charge in [-0.05, 0) is 36.8 Å². The van der Waals surface area contributed by atoms with E-state index in [-0.39, 0.29) is 29.6 Å². The summed E-state index contributed by atoms with van der Waals surface area (Å²) in [6.45, 7) is 2.88. The van der Waals surface area contributed by atoms with Crippen molar-refractivity contribution in [1.82, 2.24) is 4.90 Å². The summed E-state index contributed by atoms with van der Waals surface area (Å²) >= 11 is 0. The second-order valence-electron chi connectivity index (χ2n) is 6.90. The summed E-state index contributed by atoms with van der Waals surface area (Å²) in [5.74, 6) is 0.746. The zero-order valence-corrected chi connectivity index (χ0v) is 15.9. The first kappa shape index (κ1) is 17.9. The smallest absolute Gasteiger partial charge is 0.325 e. The highest BCUT2D eigenvalue weighted by atomic mass is 32.2. The number of carbonyl (C=O) groups excluding carboxylic acids is 1. The molecule has 4 rings (SSSR count). The van der Waals surface area contributed by atoms with Gasteiger partial charge in [-0.1, -0.05) is 30.3 Å². The molecular formula is C20H22N2O4S. The lowest BCUT2D eigenvalue weighted by atomic mass is 10.1. The molecular weight excluding hydrogens is 364 g/mol. The van der Waals surface area contributed by atoms with Crippen LogP contribution in [0, 0.1) is 0 Å². The number of benzene rings is 2. The van der Waals surface area contributed by atoms with Crippen LogP contribution in [0.1, 0.15) is 12.5 Å². The summed E-state index contributed by atoms with van der Waals surface area (Å²) in [5, 5.41) is 0. The van der Waals surface area contributed by atoms with Gasteiger partial charge in [-0.25, -0.2) is 13.2 Å². The van der Waals surface area contributed by atoms with Crippen LogP contribution >= 0.6 is 0 Å². The van der Waals surface area contributed by atoms with E-state index in [1.165, 1.54) is 0 Å². The fourth-order valence-corrected chi connectivity index (χ4v) is 5.86. The molecule has 0 saturated carbocycles. The topological polar surface area (TPSA) is 66.9 Å². The van der Waals surface area contributed by atoms with Crippen molar-refractivity contribution in [3.63, 3.8) is 0 Å². The van der Waals surface area contributed by atoms with Gasteiger partial charge in [0.25, 0.3) is 0 Å². The molecule has 2 aliphatic rings. The Balaban J connectivity index is 1.66. The lowest BCUT2D eigenvalue weighted by Gasteiger charge is -2.23. The maximum atomic E-state index is 13.2. The van der Waals surface area contributed by atoms with Gasteiger partial charge in [0.2, 0.25) is 0 Å². The molecule has 0 aromatic heterocycles. The number of ether oxygens (including phenoxy) is 1. The minimum atomic E-state index is -3.17. The minimum absolute atomic E-state index is 0.00189. The van der Waals surface area contributed by atoms with Gasteiger partial charge in [0.15, 0.2) is 9.84 Å². The highest BCUT2D eigenvalue weighted by Crippen LogP contribution is 2.36. The number of hydrogen-bond donors (Lipinski definition) is 0. The summed E-state index contributed by atoms with van der Waals surface area (Å²) in [5.41, 5.74) is 1.69. The Morgan fingerprint density at radius 1 is 1.00 bits per heavy atom. The number of amides is 2. The fourth-order valence-electron chi connectivity index (χ4n) is 3.91. The molecule has 2 aromatic carbocycles. The normalized spacial score (nSPS) is 23.5. The van der Waals surface area contributed by atoms with Crippen molar-refractivity contribution >= 4 is 21.6 Å². The number of anilines is 1. The van der Waals surface area contributed by atoms with Gasteiger partial charge in [-0.2, -0.15) is 0 Å². The molecule has 0 radical (unpaired) electrons. The summed E-state index contributed by atoms with van der Waals surface area (Å²) in [6, 6.07) is 16.1. The van der Waals surface area contributed by atoms with E-state index in [1.807, 2.05) is 61.5 Å². The number of carbonyl (C=O) groups is 1. The van der Waals surface area contributed by atoms with E-state index in [0.29, 0.717) is 18.8 Å². The molecule has 0 aliphatic carbocycles. The monoisotopic (exact) mass is 386 g/mol. The van der Waals surface area contributed by atoms with Crippen molar-refractivity contribution in [2.75, 3.05) is 23.0 Å². The van der Waals surface area contributed by atoms with E-state index in [0.717, 1.165) is 11.3 Å². The van der Waals surface area contributed by atoms with Crippen molar-refractivity contribution in [2.24, 2.45) is 0 Å². The second kappa shape index (κ2) is 6.88. The van der Waals surface area contributed by atoms with Crippen molar-refractivity contribution in [1.29, 1.82) is 0 Å². The van der Waals surface area contributed by atoms with Crippen LogP contribution in [0.3, 0.4) is 0 Å². The van der Waals surface area contributed by atoms with Crippen LogP contribution < -0.4 is 9.64 Å². The van der Waals surface area contributed by atoms with Crippen LogP contribution in [-0.4, -0.2) is 49.5 Å². The van der Waals surface area contributed by atoms with Crippen molar-refractivity contribution in [3.8, 4) is 5.75 Å². The summed E-state index contributed by atoms with van der Waals surface area (Å²) in [6.07, 6.45) is 0. The Kier molecular flexibility index (Phi) is 4.55. The first-order valence-corrected chi connectivity index (χ1v) is 10.9. The van der Waals surface area contributed by atoms with Gasteiger partial charge in [0, 0.05) is 12.2 Å². The largest absolute Gasteiger partial charge is 0.494 e. The summed E-state index contributed by atoms with van der Waals surface area (Å²) in [4.78, 5) is 16.5. The number of fused-ring (bicyclic) bond motifs is 1. The average molecular weight is 386 g/mol. The third-order valence-electron chi connectivity index (χ3n) is 5.10. The first-order valence-electron chi connectivity index (χ1n) is 9.05. The van der Waals surface area contributed by atoms with Gasteiger partial charge in [0.05, 0.1) is 30.2 Å². The zero-order chi connectivity index (χ0) is 19.0. The average Bonchev–Trinajstić information content (AvgIpc) is 3.08. The van der Waals surface area contributed by atoms with E-state index >= 15 is 0 Å². The summed E-state index contributed by atoms with van der Waals surface area (Å²) in [7, 11) is -3.17. The lowest BCUT2D eigenvalue weighted by Crippen LogP contribution is -2.37. The van der Waals surface area contributed by atoms with Crippen LogP contribution in [-0.2, 0) is 16.4 Å². The van der Waals surface area contributed by atoms with E-state index in [9.17, 15) is 13.2 Å². The SMILES string of the molecule is CCOc1ccc(N2C(=O)N(Cc3ccccc3)[C@H]3CS(=O)(=O)C[C@H]32)cc1. The Labute approximate surface area is 159 Å². The van der Waals surface area contributed by atoms with Gasteiger partial charge < -0.3 is 9.64 Å². The predicted molar refractivity (Wildman–Crippen MR) is 104 cm³/mol. The molecule has 6 nitrogen and oxygen atoms in total. The molecule has 2 saturated heterocycles. The Morgan fingerprint density at radius 2 is 1.67 bits per heavy atom. The van der Waals surface area contributed by atoms with Crippen LogP contribution in [0.15, 0.2) is 54.6 Å². The molecule has 0 N–H and O–H groups in total. The molecule has 0 bridgehead atoms. The molecule has 27 heavy (non-hydrogen) atoms. The number of rotatable bonds is 5. The number of sulfone groups is 1. The maximum Gasteiger partial charge on any atom is 0.325 e.